The number of nitrogens with one attached hydrogen (secondary N) is 1. The average Bonchev–Trinajstić information content (AvgIpc) is 2.47. The third-order valence-corrected chi connectivity index (χ3v) is 4.35. The Morgan fingerprint density at radius 3 is 2.65 bits per heavy atom. The van der Waals surface area contributed by atoms with Gasteiger partial charge in [0.1, 0.15) is 0 Å². The summed E-state index contributed by atoms with van der Waals surface area (Å²) in [5, 5.41) is 11.7. The van der Waals surface area contributed by atoms with Crippen LogP contribution >= 0.6 is 15.9 Å². The first-order valence-corrected chi connectivity index (χ1v) is 8.29. The minimum Gasteiger partial charge on any atom is -0.493 e. The molecule has 0 radical (unpaired) electrons. The molecule has 1 aliphatic rings. The molecule has 1 aromatic carbocycles. The molecular formula is C16H20BrNO5. The van der Waals surface area contributed by atoms with Gasteiger partial charge in [0.15, 0.2) is 11.5 Å². The average molecular weight is 386 g/mol. The lowest BCUT2D eigenvalue weighted by Crippen LogP contribution is -2.46. The molecule has 0 aromatic heterocycles. The van der Waals surface area contributed by atoms with E-state index in [0.29, 0.717) is 41.0 Å². The fourth-order valence-corrected chi connectivity index (χ4v) is 2.96. The van der Waals surface area contributed by atoms with Gasteiger partial charge >= 0.3 is 5.97 Å². The summed E-state index contributed by atoms with van der Waals surface area (Å²) in [5.74, 6) is -0.362. The molecule has 0 atom stereocenters. The number of carboxylic acids is 1. The van der Waals surface area contributed by atoms with Gasteiger partial charge in [0, 0.05) is 11.6 Å². The number of carboxylic acid groups (broad SMARTS) is 1. The molecule has 2 N–H and O–H groups in total. The van der Waals surface area contributed by atoms with E-state index in [1.165, 1.54) is 7.11 Å². The molecule has 7 heteroatoms. The number of rotatable bonds is 7. The van der Waals surface area contributed by atoms with E-state index in [1.54, 1.807) is 12.1 Å². The number of benzene rings is 1. The SMILES string of the molecule is CCCOc1c(Br)cc(C(=O)NC2CC(C(=O)O)C2)cc1OC. The van der Waals surface area contributed by atoms with E-state index in [4.69, 9.17) is 14.6 Å². The lowest BCUT2D eigenvalue weighted by Gasteiger charge is -2.32. The summed E-state index contributed by atoms with van der Waals surface area (Å²) in [6, 6.07) is 3.21. The summed E-state index contributed by atoms with van der Waals surface area (Å²) in [7, 11) is 1.52. The van der Waals surface area contributed by atoms with Gasteiger partial charge in [-0.15, -0.1) is 0 Å². The van der Waals surface area contributed by atoms with Gasteiger partial charge in [0.25, 0.3) is 5.91 Å². The zero-order chi connectivity index (χ0) is 17.0. The molecule has 6 nitrogen and oxygen atoms in total. The number of halogens is 1. The molecule has 1 aliphatic carbocycles. The van der Waals surface area contributed by atoms with Gasteiger partial charge in [-0.05, 0) is 47.3 Å². The summed E-state index contributed by atoms with van der Waals surface area (Å²) in [5.41, 5.74) is 0.441. The first kappa shape index (κ1) is 17.6. The molecule has 0 bridgehead atoms. The minimum absolute atomic E-state index is 0.0932. The minimum atomic E-state index is -0.808. The van der Waals surface area contributed by atoms with E-state index in [1.807, 2.05) is 6.92 Å². The van der Waals surface area contributed by atoms with E-state index in [2.05, 4.69) is 21.2 Å². The highest BCUT2D eigenvalue weighted by atomic mass is 79.9. The molecule has 0 heterocycles. The van der Waals surface area contributed by atoms with Crippen LogP contribution in [0.5, 0.6) is 11.5 Å². The maximum Gasteiger partial charge on any atom is 0.306 e. The molecule has 1 aromatic rings. The predicted molar refractivity (Wildman–Crippen MR) is 88.1 cm³/mol. The van der Waals surface area contributed by atoms with Gasteiger partial charge < -0.3 is 19.9 Å². The summed E-state index contributed by atoms with van der Waals surface area (Å²) >= 11 is 3.40. The smallest absolute Gasteiger partial charge is 0.306 e. The van der Waals surface area contributed by atoms with Crippen LogP contribution < -0.4 is 14.8 Å². The quantitative estimate of drug-likeness (QED) is 0.753. The van der Waals surface area contributed by atoms with Crippen molar-refractivity contribution in [2.75, 3.05) is 13.7 Å². The maximum atomic E-state index is 12.3. The predicted octanol–water partition coefficient (Wildman–Crippen LogP) is 2.84. The normalized spacial score (nSPS) is 19.6. The number of ether oxygens (including phenoxy) is 2. The molecule has 1 fully saturated rings. The summed E-state index contributed by atoms with van der Waals surface area (Å²) < 4.78 is 11.6. The molecule has 0 spiro atoms. The Hall–Kier alpha value is -1.76. The van der Waals surface area contributed by atoms with E-state index in [0.717, 1.165) is 6.42 Å². The summed E-state index contributed by atoms with van der Waals surface area (Å²) in [4.78, 5) is 23.1. The zero-order valence-corrected chi connectivity index (χ0v) is 14.7. The molecule has 0 aliphatic heterocycles. The molecular weight excluding hydrogens is 366 g/mol. The van der Waals surface area contributed by atoms with Crippen molar-refractivity contribution in [1.29, 1.82) is 0 Å². The van der Waals surface area contributed by atoms with Crippen molar-refractivity contribution in [3.8, 4) is 11.5 Å². The van der Waals surface area contributed by atoms with Crippen molar-refractivity contribution in [3.05, 3.63) is 22.2 Å². The Bertz CT molecular complexity index is 598. The lowest BCUT2D eigenvalue weighted by molar-refractivity contribution is -0.145. The third kappa shape index (κ3) is 4.16. The van der Waals surface area contributed by atoms with Crippen LogP contribution in [-0.2, 0) is 4.79 Å². The van der Waals surface area contributed by atoms with E-state index in [-0.39, 0.29) is 17.9 Å². The van der Waals surface area contributed by atoms with Crippen LogP contribution in [0.1, 0.15) is 36.5 Å². The molecule has 23 heavy (non-hydrogen) atoms. The molecule has 0 saturated heterocycles. The van der Waals surface area contributed by atoms with Gasteiger partial charge in [-0.1, -0.05) is 6.92 Å². The second-order valence-corrected chi connectivity index (χ2v) is 6.37. The lowest BCUT2D eigenvalue weighted by atomic mass is 9.80. The standard InChI is InChI=1S/C16H20BrNO5/c1-3-4-23-14-12(17)7-9(8-13(14)22-2)15(19)18-11-5-10(6-11)16(20)21/h7-8,10-11H,3-6H2,1-2H3,(H,18,19)(H,20,21). The number of hydrogen-bond acceptors (Lipinski definition) is 4. The Morgan fingerprint density at radius 2 is 2.09 bits per heavy atom. The van der Waals surface area contributed by atoms with E-state index < -0.39 is 5.97 Å². The fraction of sp³-hybridized carbons (Fsp3) is 0.500. The third-order valence-electron chi connectivity index (χ3n) is 3.76. The zero-order valence-electron chi connectivity index (χ0n) is 13.1. The summed E-state index contributed by atoms with van der Waals surface area (Å²) in [6.07, 6.45) is 1.80. The highest BCUT2D eigenvalue weighted by molar-refractivity contribution is 9.10. The number of methoxy groups -OCH3 is 1. The molecule has 2 rings (SSSR count). The Balaban J connectivity index is 2.06. The summed E-state index contributed by atoms with van der Waals surface area (Å²) in [6.45, 7) is 2.56. The Kier molecular flexibility index (Phi) is 5.87. The van der Waals surface area contributed by atoms with Gasteiger partial charge in [-0.25, -0.2) is 0 Å². The molecule has 1 amide bonds. The molecule has 126 valence electrons. The van der Waals surface area contributed by atoms with Crippen molar-refractivity contribution >= 4 is 27.8 Å². The van der Waals surface area contributed by atoms with Crippen molar-refractivity contribution in [2.45, 2.75) is 32.2 Å². The topological polar surface area (TPSA) is 84.9 Å². The van der Waals surface area contributed by atoms with Crippen LogP contribution in [0.25, 0.3) is 0 Å². The second kappa shape index (κ2) is 7.68. The number of hydrogen-bond donors (Lipinski definition) is 2. The molecule has 0 unspecified atom stereocenters. The number of amides is 1. The van der Waals surface area contributed by atoms with E-state index >= 15 is 0 Å². The number of carbonyl (C=O) groups is 2. The van der Waals surface area contributed by atoms with Crippen molar-refractivity contribution in [3.63, 3.8) is 0 Å². The maximum absolute atomic E-state index is 12.3. The first-order valence-electron chi connectivity index (χ1n) is 7.50. The highest BCUT2D eigenvalue weighted by Gasteiger charge is 2.35. The Labute approximate surface area is 143 Å². The van der Waals surface area contributed by atoms with Crippen molar-refractivity contribution in [2.24, 2.45) is 5.92 Å². The second-order valence-electron chi connectivity index (χ2n) is 5.51. The molecule has 1 saturated carbocycles. The first-order chi connectivity index (χ1) is 11.0. The highest BCUT2D eigenvalue weighted by Crippen LogP contribution is 2.37. The van der Waals surface area contributed by atoms with Crippen LogP contribution in [0.2, 0.25) is 0 Å². The van der Waals surface area contributed by atoms with Crippen molar-refractivity contribution in [1.82, 2.24) is 5.32 Å². The van der Waals surface area contributed by atoms with Gasteiger partial charge in [0.05, 0.1) is 24.1 Å². The number of aliphatic carboxylic acids is 1. The fourth-order valence-electron chi connectivity index (χ4n) is 2.40. The van der Waals surface area contributed by atoms with Crippen LogP contribution in [0.15, 0.2) is 16.6 Å². The van der Waals surface area contributed by atoms with E-state index in [9.17, 15) is 9.59 Å². The van der Waals surface area contributed by atoms with Crippen molar-refractivity contribution < 1.29 is 24.2 Å². The van der Waals surface area contributed by atoms with Gasteiger partial charge in [-0.3, -0.25) is 9.59 Å². The largest absolute Gasteiger partial charge is 0.493 e. The monoisotopic (exact) mass is 385 g/mol. The van der Waals surface area contributed by atoms with Crippen LogP contribution in [-0.4, -0.2) is 36.7 Å². The Morgan fingerprint density at radius 1 is 1.39 bits per heavy atom. The van der Waals surface area contributed by atoms with Gasteiger partial charge in [0.2, 0.25) is 0 Å². The van der Waals surface area contributed by atoms with Crippen LogP contribution in [0.4, 0.5) is 0 Å². The number of carbonyl (C=O) groups excluding carboxylic acids is 1. The van der Waals surface area contributed by atoms with Crippen LogP contribution in [0, 0.1) is 5.92 Å². The van der Waals surface area contributed by atoms with Gasteiger partial charge in [-0.2, -0.15) is 0 Å². The van der Waals surface area contributed by atoms with Crippen LogP contribution in [0.3, 0.4) is 0 Å².